The number of ether oxygens (including phenoxy) is 2. The van der Waals surface area contributed by atoms with Gasteiger partial charge in [-0.15, -0.1) is 0 Å². The molecule has 5 heterocycles. The lowest BCUT2D eigenvalue weighted by Gasteiger charge is -2.47. The zero-order valence-corrected chi connectivity index (χ0v) is 23.9. The number of nitrogens with one attached hydrogen (secondary N) is 2. The van der Waals surface area contributed by atoms with Crippen molar-refractivity contribution in [3.63, 3.8) is 0 Å². The maximum absolute atomic E-state index is 11.4. The summed E-state index contributed by atoms with van der Waals surface area (Å²) < 4.78 is 11.8. The number of methoxy groups -OCH3 is 1. The van der Waals surface area contributed by atoms with Crippen molar-refractivity contribution in [2.45, 2.75) is 18.6 Å². The smallest absolute Gasteiger partial charge is 0.264 e. The number of nitrogens with zero attached hydrogens (tertiary/aromatic N) is 6. The second-order valence-corrected chi connectivity index (χ2v) is 10.7. The van der Waals surface area contributed by atoms with E-state index in [-0.39, 0.29) is 5.56 Å². The number of aromatic amines is 2. The van der Waals surface area contributed by atoms with Gasteiger partial charge in [0, 0.05) is 60.3 Å². The zero-order chi connectivity index (χ0) is 29.6. The molecule has 0 amide bonds. The predicted molar refractivity (Wildman–Crippen MR) is 157 cm³/mol. The maximum atomic E-state index is 11.4. The quantitative estimate of drug-likeness (QED) is 0.246. The third kappa shape index (κ3) is 4.77. The Kier molecular flexibility index (Phi) is 6.94. The maximum Gasteiger partial charge on any atom is 0.264 e. The van der Waals surface area contributed by atoms with Crippen molar-refractivity contribution in [1.82, 2.24) is 30.4 Å². The van der Waals surface area contributed by atoms with Crippen molar-refractivity contribution < 1.29 is 9.47 Å². The number of hydrogen-bond donors (Lipinski definition) is 3. The average molecular weight is 604 g/mol. The van der Waals surface area contributed by atoms with Crippen molar-refractivity contribution in [2.75, 3.05) is 25.1 Å². The molecule has 5 aromatic rings. The number of nitrogens with two attached hydrogens (primary N) is 1. The molecule has 1 aliphatic rings. The number of pyridine rings is 2. The lowest BCUT2D eigenvalue weighted by atomic mass is 9.87. The van der Waals surface area contributed by atoms with Crippen LogP contribution in [0.3, 0.4) is 0 Å². The van der Waals surface area contributed by atoms with E-state index in [0.29, 0.717) is 74.0 Å². The lowest BCUT2D eigenvalue weighted by molar-refractivity contribution is 0.216. The van der Waals surface area contributed by atoms with Gasteiger partial charge >= 0.3 is 0 Å². The summed E-state index contributed by atoms with van der Waals surface area (Å²) in [5, 5.41) is 25.5. The minimum Gasteiger partial charge on any atom is -0.493 e. The van der Waals surface area contributed by atoms with Gasteiger partial charge in [0.2, 0.25) is 0 Å². The van der Waals surface area contributed by atoms with Crippen molar-refractivity contribution in [1.29, 1.82) is 5.26 Å². The molecule has 1 fully saturated rings. The molecular formula is C28H23Cl2N9O3. The summed E-state index contributed by atoms with van der Waals surface area (Å²) >= 11 is 12.7. The first-order valence-corrected chi connectivity index (χ1v) is 13.5. The molecule has 14 heteroatoms. The molecule has 6 rings (SSSR count). The normalized spacial score (nSPS) is 14.7. The number of halogens is 2. The van der Waals surface area contributed by atoms with E-state index in [9.17, 15) is 10.1 Å². The van der Waals surface area contributed by atoms with E-state index in [1.807, 2.05) is 17.9 Å². The second-order valence-electron chi connectivity index (χ2n) is 9.92. The molecule has 0 saturated carbocycles. The van der Waals surface area contributed by atoms with Crippen LogP contribution in [0.4, 0.5) is 5.82 Å². The number of hydrogen-bond acceptors (Lipinski definition) is 10. The van der Waals surface area contributed by atoms with Crippen LogP contribution in [0.5, 0.6) is 11.5 Å². The summed E-state index contributed by atoms with van der Waals surface area (Å²) in [7, 11) is 1.54. The van der Waals surface area contributed by atoms with Crippen LogP contribution in [0.15, 0.2) is 53.7 Å². The number of nitriles is 1. The molecule has 0 spiro atoms. The van der Waals surface area contributed by atoms with Gasteiger partial charge in [-0.1, -0.05) is 23.2 Å². The summed E-state index contributed by atoms with van der Waals surface area (Å²) in [5.41, 5.74) is 8.86. The molecule has 1 atom stereocenters. The molecule has 42 heavy (non-hydrogen) atoms. The fraction of sp³-hybridized carbons (Fsp3) is 0.214. The number of H-pyrrole nitrogens is 2. The third-order valence-corrected chi connectivity index (χ3v) is 7.75. The molecule has 0 radical (unpaired) electrons. The number of aromatic nitrogens is 6. The standard InChI is InChI=1S/C28H23Cl2N9O3/c1-14(25-18(29)10-33-11-19(25)30)42-22-6-17-20(7-21(22)41-2)35-38-26(17)16-5-15(8-31)27(34-9-16)39-12-28(32,13-39)23-3-4-24(40)37-36-23/h3-7,9-11,14H,12-13,32H2,1-2H3,(H,35,38)(H,37,40)/t14-/m1/s1. The first kappa shape index (κ1) is 27.5. The Balaban J connectivity index is 1.30. The predicted octanol–water partition coefficient (Wildman–Crippen LogP) is 4.10. The van der Waals surface area contributed by atoms with E-state index in [4.69, 9.17) is 38.4 Å². The highest BCUT2D eigenvalue weighted by molar-refractivity contribution is 6.35. The highest BCUT2D eigenvalue weighted by Gasteiger charge is 2.44. The molecule has 1 aromatic carbocycles. The third-order valence-electron chi connectivity index (χ3n) is 7.14. The molecule has 1 aliphatic heterocycles. The Morgan fingerprint density at radius 1 is 1.10 bits per heavy atom. The molecular weight excluding hydrogens is 581 g/mol. The molecule has 4 aromatic heterocycles. The first-order valence-electron chi connectivity index (χ1n) is 12.7. The molecule has 1 saturated heterocycles. The molecule has 4 N–H and O–H groups in total. The van der Waals surface area contributed by atoms with Crippen LogP contribution in [0.1, 0.15) is 29.8 Å². The van der Waals surface area contributed by atoms with Gasteiger partial charge in [0.15, 0.2) is 11.5 Å². The van der Waals surface area contributed by atoms with E-state index < -0.39 is 11.6 Å². The van der Waals surface area contributed by atoms with Crippen molar-refractivity contribution in [3.05, 3.63) is 86.1 Å². The van der Waals surface area contributed by atoms with Gasteiger partial charge in [-0.2, -0.15) is 15.5 Å². The fourth-order valence-electron chi connectivity index (χ4n) is 5.05. The van der Waals surface area contributed by atoms with E-state index >= 15 is 0 Å². The van der Waals surface area contributed by atoms with Gasteiger partial charge in [-0.05, 0) is 25.1 Å². The van der Waals surface area contributed by atoms with Crippen LogP contribution in [-0.4, -0.2) is 50.6 Å². The van der Waals surface area contributed by atoms with Gasteiger partial charge in [0.05, 0.1) is 39.5 Å². The van der Waals surface area contributed by atoms with Crippen LogP contribution in [0.25, 0.3) is 22.2 Å². The highest BCUT2D eigenvalue weighted by Crippen LogP contribution is 2.40. The average Bonchev–Trinajstić information content (AvgIpc) is 3.37. The first-order chi connectivity index (χ1) is 20.2. The Morgan fingerprint density at radius 3 is 2.52 bits per heavy atom. The Morgan fingerprint density at radius 2 is 1.86 bits per heavy atom. The van der Waals surface area contributed by atoms with Crippen LogP contribution in [0, 0.1) is 11.3 Å². The minimum absolute atomic E-state index is 0.303. The fourth-order valence-corrected chi connectivity index (χ4v) is 5.72. The van der Waals surface area contributed by atoms with E-state index in [1.165, 1.54) is 18.5 Å². The Labute approximate surface area is 249 Å². The summed E-state index contributed by atoms with van der Waals surface area (Å²) in [6, 6.07) is 10.5. The van der Waals surface area contributed by atoms with Gasteiger partial charge in [-0.25, -0.2) is 10.1 Å². The largest absolute Gasteiger partial charge is 0.493 e. The van der Waals surface area contributed by atoms with Crippen molar-refractivity contribution >= 4 is 39.9 Å². The van der Waals surface area contributed by atoms with E-state index in [2.05, 4.69) is 36.4 Å². The molecule has 12 nitrogen and oxygen atoms in total. The van der Waals surface area contributed by atoms with Crippen LogP contribution in [0.2, 0.25) is 10.0 Å². The summed E-state index contributed by atoms with van der Waals surface area (Å²) in [5.74, 6) is 1.43. The van der Waals surface area contributed by atoms with Crippen LogP contribution >= 0.6 is 23.2 Å². The molecule has 212 valence electrons. The topological polar surface area (TPSA) is 172 Å². The minimum atomic E-state index is -0.771. The van der Waals surface area contributed by atoms with Crippen molar-refractivity contribution in [2.24, 2.45) is 5.73 Å². The lowest BCUT2D eigenvalue weighted by Crippen LogP contribution is -2.65. The highest BCUT2D eigenvalue weighted by atomic mass is 35.5. The Bertz CT molecular complexity index is 1890. The van der Waals surface area contributed by atoms with Crippen LogP contribution < -0.4 is 25.7 Å². The Hall–Kier alpha value is -4.70. The number of fused-ring (bicyclic) bond motifs is 1. The SMILES string of the molecule is COc1cc2[nH]nc(-c3cnc(N4CC(N)(c5ccc(=O)[nH]n5)C4)c(C#N)c3)c2cc1O[C@H](C)c1c(Cl)cncc1Cl. The van der Waals surface area contributed by atoms with Gasteiger partial charge in [-0.3, -0.25) is 14.9 Å². The van der Waals surface area contributed by atoms with Gasteiger partial charge in [0.1, 0.15) is 23.7 Å². The summed E-state index contributed by atoms with van der Waals surface area (Å²) in [4.78, 5) is 21.9. The number of anilines is 1. The van der Waals surface area contributed by atoms with Gasteiger partial charge < -0.3 is 20.1 Å². The summed E-state index contributed by atoms with van der Waals surface area (Å²) in [6.45, 7) is 2.58. The van der Waals surface area contributed by atoms with Crippen LogP contribution in [-0.2, 0) is 5.54 Å². The molecule has 0 aliphatic carbocycles. The van der Waals surface area contributed by atoms with Gasteiger partial charge in [0.25, 0.3) is 5.56 Å². The zero-order valence-electron chi connectivity index (χ0n) is 22.4. The molecule has 0 bridgehead atoms. The van der Waals surface area contributed by atoms with E-state index in [1.54, 1.807) is 31.5 Å². The number of rotatable bonds is 7. The monoisotopic (exact) mass is 603 g/mol. The summed E-state index contributed by atoms with van der Waals surface area (Å²) in [6.07, 6.45) is 4.16. The van der Waals surface area contributed by atoms with E-state index in [0.717, 1.165) is 5.39 Å². The number of benzene rings is 1. The molecule has 0 unspecified atom stereocenters. The van der Waals surface area contributed by atoms with Crippen molar-refractivity contribution in [3.8, 4) is 28.8 Å². The second kappa shape index (κ2) is 10.6.